The van der Waals surface area contributed by atoms with Gasteiger partial charge in [0.1, 0.15) is 5.75 Å². The third kappa shape index (κ3) is 7.58. The fourth-order valence-corrected chi connectivity index (χ4v) is 13.4. The highest BCUT2D eigenvalue weighted by atomic mass is 16.5. The van der Waals surface area contributed by atoms with E-state index in [1.54, 1.807) is 12.1 Å². The average molecular weight is 1120 g/mol. The van der Waals surface area contributed by atoms with Crippen LogP contribution in [-0.2, 0) is 0 Å². The van der Waals surface area contributed by atoms with Gasteiger partial charge in [-0.25, -0.2) is 4.98 Å². The Kier molecular flexibility index (Phi) is 11.0. The molecule has 0 saturated heterocycles. The van der Waals surface area contributed by atoms with Gasteiger partial charge < -0.3 is 29.7 Å². The predicted octanol–water partition coefficient (Wildman–Crippen LogP) is 19.1. The van der Waals surface area contributed by atoms with Crippen LogP contribution in [-0.4, -0.2) is 44.5 Å². The van der Waals surface area contributed by atoms with E-state index in [0.717, 1.165) is 109 Å². The van der Waals surface area contributed by atoms with Crippen LogP contribution < -0.4 is 4.74 Å². The number of phenols is 4. The number of aromatic hydroxyl groups is 4. The molecule has 10 nitrogen and oxygen atoms in total. The summed E-state index contributed by atoms with van der Waals surface area (Å²) in [6.07, 6.45) is 0. The lowest BCUT2D eigenvalue weighted by Crippen LogP contribution is -2.06. The molecule has 0 fully saturated rings. The Morgan fingerprint density at radius 3 is 1.46 bits per heavy atom. The van der Waals surface area contributed by atoms with Crippen molar-refractivity contribution in [1.29, 1.82) is 0 Å². The molecule has 0 radical (unpaired) electrons. The number of aromatic nitrogens is 5. The molecule has 410 valence electrons. The molecular weight excluding hydrogens is 1070 g/mol. The molecule has 0 aliphatic heterocycles. The summed E-state index contributed by atoms with van der Waals surface area (Å²) in [5.74, 6) is -1.45. The van der Waals surface area contributed by atoms with Crippen molar-refractivity contribution in [1.82, 2.24) is 24.1 Å². The fourth-order valence-electron chi connectivity index (χ4n) is 13.4. The molecule has 0 unspecified atom stereocenters. The van der Waals surface area contributed by atoms with Crippen molar-refractivity contribution in [3.8, 4) is 91.2 Å². The minimum Gasteiger partial charge on any atom is -0.504 e. The number of ether oxygens (including phenoxy) is 1. The highest BCUT2D eigenvalue weighted by molar-refractivity contribution is 6.28. The summed E-state index contributed by atoms with van der Waals surface area (Å²) in [5, 5.41) is 62.6. The summed E-state index contributed by atoms with van der Waals surface area (Å²) in [4.78, 5) is 15.3. The maximum atomic E-state index is 12.3. The van der Waals surface area contributed by atoms with Crippen LogP contribution in [0.3, 0.4) is 0 Å². The van der Waals surface area contributed by atoms with Crippen LogP contribution in [0.15, 0.2) is 261 Å². The van der Waals surface area contributed by atoms with E-state index in [0.29, 0.717) is 33.9 Å². The summed E-state index contributed by atoms with van der Waals surface area (Å²) in [7, 11) is 0. The Hall–Kier alpha value is -12.0. The first kappa shape index (κ1) is 49.6. The van der Waals surface area contributed by atoms with E-state index in [-0.39, 0.29) is 11.3 Å². The summed E-state index contributed by atoms with van der Waals surface area (Å²) in [6, 6.07) is 87.4. The molecule has 0 saturated carbocycles. The van der Waals surface area contributed by atoms with Crippen LogP contribution in [0.2, 0.25) is 0 Å². The van der Waals surface area contributed by atoms with Gasteiger partial charge in [0.25, 0.3) is 0 Å². The van der Waals surface area contributed by atoms with Gasteiger partial charge >= 0.3 is 0 Å². The fraction of sp³-hybridized carbons (Fsp3) is 0. The largest absolute Gasteiger partial charge is 0.504 e. The Balaban J connectivity index is 0.782. The first-order valence-electron chi connectivity index (χ1n) is 28.7. The quantitative estimate of drug-likeness (QED) is 0.0511. The number of phenolic OH excluding ortho intramolecular Hbond substituents is 4. The molecule has 0 atom stereocenters. The molecule has 0 amide bonds. The minimum absolute atomic E-state index is 0.134. The van der Waals surface area contributed by atoms with Crippen LogP contribution in [0.25, 0.3) is 154 Å². The maximum absolute atomic E-state index is 12.3. The molecular formula is C77H47N5O5. The number of hydrogen-bond donors (Lipinski definition) is 4. The molecule has 10 heteroatoms. The van der Waals surface area contributed by atoms with Crippen molar-refractivity contribution in [2.45, 2.75) is 0 Å². The van der Waals surface area contributed by atoms with E-state index < -0.39 is 28.7 Å². The van der Waals surface area contributed by atoms with Crippen molar-refractivity contribution in [3.63, 3.8) is 0 Å². The van der Waals surface area contributed by atoms with Gasteiger partial charge in [-0.15, -0.1) is 0 Å². The molecule has 17 rings (SSSR count). The number of nitrogens with zero attached hydrogens (tertiary/aromatic N) is 5. The second kappa shape index (κ2) is 19.3. The van der Waals surface area contributed by atoms with E-state index in [9.17, 15) is 20.4 Å². The van der Waals surface area contributed by atoms with E-state index in [2.05, 4.69) is 112 Å². The topological polar surface area (TPSA) is 139 Å². The molecule has 3 heterocycles. The average Bonchev–Trinajstić information content (AvgIpc) is 1.88. The lowest BCUT2D eigenvalue weighted by Gasteiger charge is -2.21. The molecule has 17 aromatic rings. The molecule has 87 heavy (non-hydrogen) atoms. The zero-order chi connectivity index (χ0) is 58.0. The standard InChI is InChI=1S/C77H47N5O5/c83-70-68(66-57-27-11-9-25-55(57)65(56-26-10-12-28-58(56)66)54-31-17-30-51-52(54)39-34-48-42-46-22-7-8-23-47(46)43-61(48)51)71(84)73(86)74(72(70)85)87-50-37-35-49(36-38-50)81-62-32-15-13-24-53(62)59-40-41-64-67(69(59)81)60-29-14-16-33-63(60)82(64)77-79-75(44-18-3-1-4-19-44)78-76(80-77)45-20-5-2-6-21-45/h1-43,83-86H. The monoisotopic (exact) mass is 1120 g/mol. The van der Waals surface area contributed by atoms with Gasteiger partial charge in [0.15, 0.2) is 23.1 Å². The Morgan fingerprint density at radius 1 is 0.310 bits per heavy atom. The van der Waals surface area contributed by atoms with Crippen molar-refractivity contribution in [2.75, 3.05) is 0 Å². The van der Waals surface area contributed by atoms with E-state index >= 15 is 0 Å². The zero-order valence-electron chi connectivity index (χ0n) is 46.3. The minimum atomic E-state index is -0.735. The number of para-hydroxylation sites is 2. The number of hydrogen-bond acceptors (Lipinski definition) is 8. The number of rotatable bonds is 8. The van der Waals surface area contributed by atoms with E-state index in [1.807, 2.05) is 146 Å². The molecule has 3 aromatic heterocycles. The Morgan fingerprint density at radius 2 is 0.828 bits per heavy atom. The van der Waals surface area contributed by atoms with Crippen LogP contribution in [0.4, 0.5) is 0 Å². The first-order chi connectivity index (χ1) is 42.8. The zero-order valence-corrected chi connectivity index (χ0v) is 46.3. The van der Waals surface area contributed by atoms with Crippen LogP contribution in [0.1, 0.15) is 0 Å². The van der Waals surface area contributed by atoms with Gasteiger partial charge in [-0.3, -0.25) is 4.57 Å². The second-order valence-electron chi connectivity index (χ2n) is 22.0. The van der Waals surface area contributed by atoms with Crippen molar-refractivity contribution in [2.24, 2.45) is 0 Å². The summed E-state index contributed by atoms with van der Waals surface area (Å²) < 4.78 is 10.7. The van der Waals surface area contributed by atoms with Crippen LogP contribution in [0.5, 0.6) is 34.5 Å². The highest BCUT2D eigenvalue weighted by Gasteiger charge is 2.30. The van der Waals surface area contributed by atoms with Crippen LogP contribution >= 0.6 is 0 Å². The van der Waals surface area contributed by atoms with E-state index in [1.165, 1.54) is 5.39 Å². The molecule has 4 N–H and O–H groups in total. The lowest BCUT2D eigenvalue weighted by molar-refractivity contribution is 0.336. The third-order valence-electron chi connectivity index (χ3n) is 17.2. The Labute approximate surface area is 496 Å². The van der Waals surface area contributed by atoms with Gasteiger partial charge in [0.05, 0.1) is 27.6 Å². The van der Waals surface area contributed by atoms with Gasteiger partial charge in [0.2, 0.25) is 23.2 Å². The predicted molar refractivity (Wildman–Crippen MR) is 351 cm³/mol. The molecule has 0 spiro atoms. The summed E-state index contributed by atoms with van der Waals surface area (Å²) in [6.45, 7) is 0. The van der Waals surface area contributed by atoms with Crippen molar-refractivity contribution < 1.29 is 25.2 Å². The van der Waals surface area contributed by atoms with Crippen LogP contribution in [0, 0.1) is 0 Å². The summed E-state index contributed by atoms with van der Waals surface area (Å²) in [5.41, 5.74) is 8.58. The second-order valence-corrected chi connectivity index (χ2v) is 22.0. The van der Waals surface area contributed by atoms with Gasteiger partial charge in [-0.1, -0.05) is 206 Å². The van der Waals surface area contributed by atoms with Crippen molar-refractivity contribution in [3.05, 3.63) is 261 Å². The Bertz CT molecular complexity index is 5580. The lowest BCUT2D eigenvalue weighted by atomic mass is 9.83. The number of benzene rings is 14. The number of fused-ring (bicyclic) bond motifs is 13. The third-order valence-corrected chi connectivity index (χ3v) is 17.2. The van der Waals surface area contributed by atoms with Gasteiger partial charge in [-0.05, 0) is 120 Å². The van der Waals surface area contributed by atoms with Crippen molar-refractivity contribution >= 4 is 97.5 Å². The first-order valence-corrected chi connectivity index (χ1v) is 28.7. The van der Waals surface area contributed by atoms with Gasteiger partial charge in [-0.2, -0.15) is 9.97 Å². The van der Waals surface area contributed by atoms with Gasteiger partial charge in [0, 0.05) is 43.9 Å². The molecule has 14 aromatic carbocycles. The molecule has 0 aliphatic rings. The normalized spacial score (nSPS) is 11.9. The van der Waals surface area contributed by atoms with E-state index in [4.69, 9.17) is 19.7 Å². The molecule has 0 aliphatic carbocycles. The maximum Gasteiger partial charge on any atom is 0.238 e. The highest BCUT2D eigenvalue weighted by Crippen LogP contribution is 2.59. The summed E-state index contributed by atoms with van der Waals surface area (Å²) >= 11 is 0. The SMILES string of the molecule is Oc1c(O)c(-c2c3ccccc3c(-c3cccc4c3ccc3cc5ccccc5cc34)c3ccccc23)c(O)c(O)c1Oc1ccc(-n2c3ccccc3c3ccc4c(c5ccccc5n4-c4nc(-c5ccccc5)nc(-c5ccccc5)n4)c32)cc1. The molecule has 0 bridgehead atoms. The smallest absolute Gasteiger partial charge is 0.238 e.